The molecule has 0 unspecified atom stereocenters. The van der Waals surface area contributed by atoms with Gasteiger partial charge in [0.05, 0.1) is 11.2 Å². The minimum absolute atomic E-state index is 0.609. The summed E-state index contributed by atoms with van der Waals surface area (Å²) in [6, 6.07) is 58.3. The molecule has 2 N–H and O–H groups in total. The van der Waals surface area contributed by atoms with Gasteiger partial charge in [-0.25, -0.2) is 15.0 Å². The highest BCUT2D eigenvalue weighted by Gasteiger charge is 2.17. The fourth-order valence-corrected chi connectivity index (χ4v) is 6.87. The Morgan fingerprint density at radius 1 is 0.481 bits per heavy atom. The average molecular weight is 668 g/mol. The van der Waals surface area contributed by atoms with E-state index in [2.05, 4.69) is 128 Å². The van der Waals surface area contributed by atoms with Crippen LogP contribution in [0.4, 0.5) is 5.82 Å². The molecule has 5 nitrogen and oxygen atoms in total. The topological polar surface area (TPSA) is 69.1 Å². The molecule has 52 heavy (non-hydrogen) atoms. The van der Waals surface area contributed by atoms with E-state index in [4.69, 9.17) is 20.7 Å². The monoisotopic (exact) mass is 667 g/mol. The second kappa shape index (κ2) is 13.0. The van der Waals surface area contributed by atoms with Gasteiger partial charge >= 0.3 is 0 Å². The van der Waals surface area contributed by atoms with Gasteiger partial charge in [0.1, 0.15) is 17.2 Å². The highest BCUT2D eigenvalue weighted by atomic mass is 15.1. The van der Waals surface area contributed by atoms with Gasteiger partial charge < -0.3 is 5.73 Å². The molecule has 0 saturated carbocycles. The first-order valence-corrected chi connectivity index (χ1v) is 17.3. The second-order valence-electron chi connectivity index (χ2n) is 12.8. The Bertz CT molecular complexity index is 2730. The molecule has 9 aromatic rings. The van der Waals surface area contributed by atoms with Crippen molar-refractivity contribution in [3.05, 3.63) is 194 Å². The number of hydrogen-bond acceptors (Lipinski definition) is 4. The molecule has 6 aromatic carbocycles. The predicted octanol–water partition coefficient (Wildman–Crippen LogP) is 11.3. The lowest BCUT2D eigenvalue weighted by Gasteiger charge is -2.13. The first-order chi connectivity index (χ1) is 25.6. The van der Waals surface area contributed by atoms with Crippen LogP contribution >= 0.6 is 0 Å². The number of rotatable bonds is 7. The van der Waals surface area contributed by atoms with Gasteiger partial charge in [-0.3, -0.25) is 4.40 Å². The normalized spacial score (nSPS) is 11.2. The number of nitrogen functional groups attached to an aromatic ring is 1. The van der Waals surface area contributed by atoms with Crippen molar-refractivity contribution in [2.24, 2.45) is 0 Å². The molecule has 0 aliphatic carbocycles. The molecule has 3 heterocycles. The largest absolute Gasteiger partial charge is 0.383 e. The lowest BCUT2D eigenvalue weighted by molar-refractivity contribution is 1.20. The first-order valence-electron chi connectivity index (χ1n) is 17.3. The van der Waals surface area contributed by atoms with Gasteiger partial charge in [-0.2, -0.15) is 0 Å². The summed E-state index contributed by atoms with van der Waals surface area (Å²) in [4.78, 5) is 14.9. The number of benzene rings is 6. The maximum atomic E-state index is 6.56. The molecule has 0 fully saturated rings. The van der Waals surface area contributed by atoms with E-state index < -0.39 is 0 Å². The lowest BCUT2D eigenvalue weighted by atomic mass is 9.92. The number of anilines is 1. The molecule has 0 aliphatic heterocycles. The van der Waals surface area contributed by atoms with Crippen molar-refractivity contribution in [2.75, 3.05) is 5.73 Å². The molecule has 0 amide bonds. The van der Waals surface area contributed by atoms with Gasteiger partial charge in [-0.15, -0.1) is 0 Å². The van der Waals surface area contributed by atoms with Gasteiger partial charge in [0.2, 0.25) is 0 Å². The van der Waals surface area contributed by atoms with Crippen LogP contribution in [0, 0.1) is 0 Å². The minimum Gasteiger partial charge on any atom is -0.383 e. The maximum Gasteiger partial charge on any atom is 0.160 e. The molecule has 0 aliphatic rings. The van der Waals surface area contributed by atoms with Crippen LogP contribution in [0.5, 0.6) is 0 Å². The van der Waals surface area contributed by atoms with Gasteiger partial charge in [0, 0.05) is 28.3 Å². The van der Waals surface area contributed by atoms with Crippen LogP contribution in [0.3, 0.4) is 0 Å². The third-order valence-electron chi connectivity index (χ3n) is 9.65. The second-order valence-corrected chi connectivity index (χ2v) is 12.8. The molecule has 0 atom stereocenters. The number of hydrogen-bond donors (Lipinski definition) is 1. The summed E-state index contributed by atoms with van der Waals surface area (Å²) in [6.07, 6.45) is 1.93. The van der Waals surface area contributed by atoms with Crippen LogP contribution in [0.2, 0.25) is 0 Å². The number of fused-ring (bicyclic) bond motifs is 2. The first kappa shape index (κ1) is 30.9. The highest BCUT2D eigenvalue weighted by molar-refractivity contribution is 5.94. The Hall–Kier alpha value is -7.11. The quantitative estimate of drug-likeness (QED) is 0.184. The Labute approximate surface area is 302 Å². The van der Waals surface area contributed by atoms with E-state index in [1.807, 2.05) is 59.1 Å². The highest BCUT2D eigenvalue weighted by Crippen LogP contribution is 2.36. The summed E-state index contributed by atoms with van der Waals surface area (Å²) >= 11 is 0. The van der Waals surface area contributed by atoms with Gasteiger partial charge in [0.15, 0.2) is 5.82 Å². The van der Waals surface area contributed by atoms with Crippen molar-refractivity contribution in [3.8, 4) is 56.2 Å². The molecule has 9 rings (SSSR count). The van der Waals surface area contributed by atoms with Gasteiger partial charge in [-0.05, 0) is 57.2 Å². The number of imidazole rings is 1. The lowest BCUT2D eigenvalue weighted by Crippen LogP contribution is -1.96. The SMILES string of the molecule is C=C(c1ccc(-c2ccc(-c3nc(-c4ccc(-c5ccccc5)cc4)c4ccccc4n3)cc2)cc1)c1ccccc1-c1nc2ccccn2c1N. The minimum atomic E-state index is 0.609. The van der Waals surface area contributed by atoms with Crippen molar-refractivity contribution in [3.63, 3.8) is 0 Å². The molecule has 3 aromatic heterocycles. The Kier molecular flexibility index (Phi) is 7.71. The van der Waals surface area contributed by atoms with Crippen LogP contribution in [0.25, 0.3) is 78.3 Å². The zero-order chi connectivity index (χ0) is 35.0. The van der Waals surface area contributed by atoms with Crippen LogP contribution in [-0.4, -0.2) is 19.4 Å². The van der Waals surface area contributed by atoms with E-state index in [9.17, 15) is 0 Å². The smallest absolute Gasteiger partial charge is 0.160 e. The van der Waals surface area contributed by atoms with Crippen LogP contribution < -0.4 is 5.73 Å². The average Bonchev–Trinajstić information content (AvgIpc) is 3.56. The number of nitrogens with two attached hydrogens (primary N) is 1. The molecule has 0 radical (unpaired) electrons. The van der Waals surface area contributed by atoms with Crippen molar-refractivity contribution < 1.29 is 0 Å². The van der Waals surface area contributed by atoms with Crippen molar-refractivity contribution in [1.82, 2.24) is 19.4 Å². The van der Waals surface area contributed by atoms with E-state index in [0.29, 0.717) is 11.6 Å². The standard InChI is InChI=1S/C47H33N5/c1-31(39-13-5-6-14-40(39)45-46(48)52-30-10-9-17-43(52)50-45)32-18-20-35(21-19-32)36-24-28-38(29-25-36)47-49-42-16-8-7-15-41(42)44(51-47)37-26-22-34(23-27-37)33-11-3-2-4-12-33/h2-30H,1,48H2. The molecule has 0 bridgehead atoms. The summed E-state index contributed by atoms with van der Waals surface area (Å²) in [7, 11) is 0. The fraction of sp³-hybridized carbons (Fsp3) is 0. The molecule has 0 saturated heterocycles. The van der Waals surface area contributed by atoms with E-state index in [0.717, 1.165) is 72.5 Å². The number of pyridine rings is 1. The summed E-state index contributed by atoms with van der Waals surface area (Å²) in [6.45, 7) is 4.49. The van der Waals surface area contributed by atoms with E-state index in [-0.39, 0.29) is 0 Å². The number of aromatic nitrogens is 4. The van der Waals surface area contributed by atoms with Crippen molar-refractivity contribution >= 4 is 27.9 Å². The Morgan fingerprint density at radius 3 is 1.79 bits per heavy atom. The van der Waals surface area contributed by atoms with E-state index >= 15 is 0 Å². The zero-order valence-electron chi connectivity index (χ0n) is 28.3. The third-order valence-corrected chi connectivity index (χ3v) is 9.65. The van der Waals surface area contributed by atoms with Crippen molar-refractivity contribution in [2.45, 2.75) is 0 Å². The van der Waals surface area contributed by atoms with Crippen LogP contribution in [0.15, 0.2) is 183 Å². The Morgan fingerprint density at radius 2 is 1.06 bits per heavy atom. The van der Waals surface area contributed by atoms with Crippen LogP contribution in [-0.2, 0) is 0 Å². The van der Waals surface area contributed by atoms with Crippen LogP contribution in [0.1, 0.15) is 11.1 Å². The summed E-state index contributed by atoms with van der Waals surface area (Å²) < 4.78 is 1.91. The number of para-hydroxylation sites is 1. The molecule has 246 valence electrons. The van der Waals surface area contributed by atoms with Crippen molar-refractivity contribution in [1.29, 1.82) is 0 Å². The third kappa shape index (κ3) is 5.60. The molecular formula is C47H33N5. The summed E-state index contributed by atoms with van der Waals surface area (Å²) in [5, 5.41) is 1.03. The molecule has 5 heteroatoms. The molecule has 0 spiro atoms. The predicted molar refractivity (Wildman–Crippen MR) is 214 cm³/mol. The zero-order valence-corrected chi connectivity index (χ0v) is 28.3. The molecular weight excluding hydrogens is 635 g/mol. The summed E-state index contributed by atoms with van der Waals surface area (Å²) in [5.74, 6) is 1.31. The Balaban J connectivity index is 0.991. The van der Waals surface area contributed by atoms with Gasteiger partial charge in [-0.1, -0.05) is 158 Å². The van der Waals surface area contributed by atoms with Gasteiger partial charge in [0.25, 0.3) is 0 Å². The summed E-state index contributed by atoms with van der Waals surface area (Å²) in [5.41, 5.74) is 20.5. The van der Waals surface area contributed by atoms with E-state index in [1.54, 1.807) is 0 Å². The number of nitrogens with zero attached hydrogens (tertiary/aromatic N) is 4. The fourth-order valence-electron chi connectivity index (χ4n) is 6.87. The maximum absolute atomic E-state index is 6.56. The van der Waals surface area contributed by atoms with E-state index in [1.165, 1.54) is 11.1 Å².